The summed E-state index contributed by atoms with van der Waals surface area (Å²) in [5.41, 5.74) is 0. The summed E-state index contributed by atoms with van der Waals surface area (Å²) in [5, 5.41) is 15.3. The Morgan fingerprint density at radius 3 is 2.81 bits per heavy atom. The van der Waals surface area contributed by atoms with Crippen LogP contribution in [0.5, 0.6) is 0 Å². The normalized spacial score (nSPS) is 19.7. The Morgan fingerprint density at radius 1 is 1.44 bits per heavy atom. The molecule has 0 radical (unpaired) electrons. The fourth-order valence-electron chi connectivity index (χ4n) is 2.14. The third-order valence-electron chi connectivity index (χ3n) is 3.34. The van der Waals surface area contributed by atoms with Gasteiger partial charge >= 0.3 is 0 Å². The first-order chi connectivity index (χ1) is 7.72. The zero-order valence-corrected chi connectivity index (χ0v) is 10.3. The highest BCUT2D eigenvalue weighted by molar-refractivity contribution is 4.90. The second kappa shape index (κ2) is 4.91. The zero-order valence-electron chi connectivity index (χ0n) is 10.3. The van der Waals surface area contributed by atoms with Crippen molar-refractivity contribution in [3.8, 4) is 0 Å². The molecule has 90 valence electrons. The molecule has 0 amide bonds. The van der Waals surface area contributed by atoms with Crippen LogP contribution in [-0.2, 0) is 6.54 Å². The smallest absolute Gasteiger partial charge is 0.167 e. The van der Waals surface area contributed by atoms with Crippen molar-refractivity contribution in [3.05, 3.63) is 5.82 Å². The summed E-state index contributed by atoms with van der Waals surface area (Å²) in [5.74, 6) is 2.54. The van der Waals surface area contributed by atoms with E-state index < -0.39 is 0 Å². The number of nitrogens with zero attached hydrogens (tertiary/aromatic N) is 4. The molecule has 0 aliphatic heterocycles. The standard InChI is InChI=1S/C11H21N5/c1-4-12-9(3)11-13-14-15-16(11)7-8(2)10-5-6-10/h8-10,12H,4-7H2,1-3H3. The molecule has 5 heteroatoms. The molecule has 1 fully saturated rings. The Labute approximate surface area is 96.6 Å². The van der Waals surface area contributed by atoms with Crippen LogP contribution in [-0.4, -0.2) is 26.8 Å². The molecule has 0 saturated heterocycles. The van der Waals surface area contributed by atoms with Crippen LogP contribution in [0.4, 0.5) is 0 Å². The maximum atomic E-state index is 4.11. The Kier molecular flexibility index (Phi) is 3.53. The molecule has 0 aromatic carbocycles. The number of hydrogen-bond acceptors (Lipinski definition) is 4. The molecule has 5 nitrogen and oxygen atoms in total. The van der Waals surface area contributed by atoms with Gasteiger partial charge in [-0.25, -0.2) is 4.68 Å². The van der Waals surface area contributed by atoms with Crippen molar-refractivity contribution < 1.29 is 0 Å². The summed E-state index contributed by atoms with van der Waals surface area (Å²) in [6, 6.07) is 0.228. The van der Waals surface area contributed by atoms with Crippen molar-refractivity contribution in [1.29, 1.82) is 0 Å². The lowest BCUT2D eigenvalue weighted by molar-refractivity contribution is 0.380. The van der Waals surface area contributed by atoms with E-state index in [0.29, 0.717) is 5.92 Å². The van der Waals surface area contributed by atoms with E-state index in [-0.39, 0.29) is 6.04 Å². The van der Waals surface area contributed by atoms with E-state index in [9.17, 15) is 0 Å². The fraction of sp³-hybridized carbons (Fsp3) is 0.909. The highest BCUT2D eigenvalue weighted by Gasteiger charge is 2.29. The van der Waals surface area contributed by atoms with E-state index in [1.165, 1.54) is 12.8 Å². The van der Waals surface area contributed by atoms with Crippen molar-refractivity contribution in [1.82, 2.24) is 25.5 Å². The van der Waals surface area contributed by atoms with Crippen LogP contribution in [0, 0.1) is 11.8 Å². The Bertz CT molecular complexity index is 331. The number of tetrazole rings is 1. The van der Waals surface area contributed by atoms with E-state index in [1.54, 1.807) is 0 Å². The Hall–Kier alpha value is -0.970. The lowest BCUT2D eigenvalue weighted by atomic mass is 10.1. The predicted octanol–water partition coefficient (Wildman–Crippen LogP) is 1.39. The molecular weight excluding hydrogens is 202 g/mol. The van der Waals surface area contributed by atoms with Gasteiger partial charge < -0.3 is 5.32 Å². The van der Waals surface area contributed by atoms with Gasteiger partial charge in [-0.3, -0.25) is 0 Å². The lowest BCUT2D eigenvalue weighted by Gasteiger charge is -2.14. The van der Waals surface area contributed by atoms with Crippen molar-refractivity contribution in [3.63, 3.8) is 0 Å². The maximum Gasteiger partial charge on any atom is 0.167 e. The van der Waals surface area contributed by atoms with Gasteiger partial charge in [0.15, 0.2) is 5.82 Å². The number of hydrogen-bond donors (Lipinski definition) is 1. The minimum absolute atomic E-state index is 0.228. The molecule has 2 unspecified atom stereocenters. The average Bonchev–Trinajstić information content (AvgIpc) is 3.00. The van der Waals surface area contributed by atoms with Gasteiger partial charge in [0.1, 0.15) is 0 Å². The Morgan fingerprint density at radius 2 is 2.19 bits per heavy atom. The number of rotatable bonds is 6. The van der Waals surface area contributed by atoms with Crippen LogP contribution in [0.2, 0.25) is 0 Å². The minimum atomic E-state index is 0.228. The molecule has 1 heterocycles. The summed E-state index contributed by atoms with van der Waals surface area (Å²) in [7, 11) is 0. The summed E-state index contributed by atoms with van der Waals surface area (Å²) in [6.07, 6.45) is 2.75. The molecule has 0 spiro atoms. The van der Waals surface area contributed by atoms with Crippen LogP contribution in [0.3, 0.4) is 0 Å². The molecule has 1 saturated carbocycles. The zero-order chi connectivity index (χ0) is 11.5. The SMILES string of the molecule is CCNC(C)c1nnnn1CC(C)C1CC1. The highest BCUT2D eigenvalue weighted by atomic mass is 15.5. The van der Waals surface area contributed by atoms with Crippen LogP contribution >= 0.6 is 0 Å². The van der Waals surface area contributed by atoms with Crippen LogP contribution in [0.25, 0.3) is 0 Å². The van der Waals surface area contributed by atoms with E-state index in [1.807, 2.05) is 4.68 Å². The molecular formula is C11H21N5. The van der Waals surface area contributed by atoms with Crippen molar-refractivity contribution in [2.45, 2.75) is 46.2 Å². The van der Waals surface area contributed by atoms with E-state index >= 15 is 0 Å². The maximum absolute atomic E-state index is 4.11. The van der Waals surface area contributed by atoms with E-state index in [2.05, 4.69) is 41.6 Å². The van der Waals surface area contributed by atoms with Crippen LogP contribution < -0.4 is 5.32 Å². The van der Waals surface area contributed by atoms with Crippen LogP contribution in [0.1, 0.15) is 45.5 Å². The average molecular weight is 223 g/mol. The van der Waals surface area contributed by atoms with Crippen molar-refractivity contribution in [2.24, 2.45) is 11.8 Å². The number of aromatic nitrogens is 4. The first-order valence-corrected chi connectivity index (χ1v) is 6.21. The van der Waals surface area contributed by atoms with Gasteiger partial charge in [-0.15, -0.1) is 5.10 Å². The summed E-state index contributed by atoms with van der Waals surface area (Å²) in [4.78, 5) is 0. The Balaban J connectivity index is 2.00. The molecule has 0 bridgehead atoms. The first kappa shape index (κ1) is 11.5. The first-order valence-electron chi connectivity index (χ1n) is 6.21. The van der Waals surface area contributed by atoms with E-state index in [0.717, 1.165) is 24.8 Å². The van der Waals surface area contributed by atoms with Gasteiger partial charge in [0.05, 0.1) is 6.04 Å². The van der Waals surface area contributed by atoms with Gasteiger partial charge in [-0.2, -0.15) is 0 Å². The minimum Gasteiger partial charge on any atom is -0.308 e. The highest BCUT2D eigenvalue weighted by Crippen LogP contribution is 2.37. The van der Waals surface area contributed by atoms with Gasteiger partial charge in [-0.05, 0) is 48.6 Å². The lowest BCUT2D eigenvalue weighted by Crippen LogP contribution is -2.23. The van der Waals surface area contributed by atoms with Gasteiger partial charge in [0.2, 0.25) is 0 Å². The molecule has 1 aliphatic rings. The van der Waals surface area contributed by atoms with Gasteiger partial charge in [-0.1, -0.05) is 13.8 Å². The van der Waals surface area contributed by atoms with Crippen molar-refractivity contribution >= 4 is 0 Å². The molecule has 16 heavy (non-hydrogen) atoms. The molecule has 1 aliphatic carbocycles. The molecule has 1 aromatic heterocycles. The van der Waals surface area contributed by atoms with Gasteiger partial charge in [0, 0.05) is 6.54 Å². The molecule has 1 N–H and O–H groups in total. The second-order valence-electron chi connectivity index (χ2n) is 4.81. The quantitative estimate of drug-likeness (QED) is 0.792. The topological polar surface area (TPSA) is 55.6 Å². The third-order valence-corrected chi connectivity index (χ3v) is 3.34. The van der Waals surface area contributed by atoms with Crippen molar-refractivity contribution in [2.75, 3.05) is 6.54 Å². The third kappa shape index (κ3) is 2.58. The summed E-state index contributed by atoms with van der Waals surface area (Å²) < 4.78 is 1.95. The fourth-order valence-corrected chi connectivity index (χ4v) is 2.14. The van der Waals surface area contributed by atoms with Gasteiger partial charge in [0.25, 0.3) is 0 Å². The molecule has 2 rings (SSSR count). The summed E-state index contributed by atoms with van der Waals surface area (Å²) >= 11 is 0. The largest absolute Gasteiger partial charge is 0.308 e. The van der Waals surface area contributed by atoms with Crippen LogP contribution in [0.15, 0.2) is 0 Å². The summed E-state index contributed by atoms with van der Waals surface area (Å²) in [6.45, 7) is 8.38. The molecule has 2 atom stereocenters. The monoisotopic (exact) mass is 223 g/mol. The van der Waals surface area contributed by atoms with E-state index in [4.69, 9.17) is 0 Å². The second-order valence-corrected chi connectivity index (χ2v) is 4.81. The predicted molar refractivity (Wildman–Crippen MR) is 61.8 cm³/mol. The molecule has 1 aromatic rings. The number of nitrogens with one attached hydrogen (secondary N) is 1.